The maximum Gasteiger partial charge on any atom is 0.246 e. The van der Waals surface area contributed by atoms with Crippen LogP contribution in [0.15, 0.2) is 12.2 Å². The minimum Gasteiger partial charge on any atom is -0.390 e. The number of aliphatic hydroxyl groups is 1. The zero-order valence-corrected chi connectivity index (χ0v) is 58.7. The normalized spacial score (nSPS) is 27.8. The van der Waals surface area contributed by atoms with E-state index in [0.717, 1.165) is 4.90 Å². The molecule has 0 aromatic rings. The molecule has 1 aliphatic rings. The van der Waals surface area contributed by atoms with Crippen LogP contribution in [-0.2, 0) is 57.5 Å². The fraction of sp³-hybridized carbons (Fsp3) is 0.806. The highest BCUT2D eigenvalue weighted by molar-refractivity contribution is 6.00. The zero-order chi connectivity index (χ0) is 68.3. The first-order chi connectivity index (χ1) is 40.7. The van der Waals surface area contributed by atoms with Gasteiger partial charge in [-0.2, -0.15) is 0 Å². The Bertz CT molecular complexity index is 2390. The van der Waals surface area contributed by atoms with Crippen LogP contribution in [0.3, 0.4) is 0 Å². The van der Waals surface area contributed by atoms with Crippen LogP contribution >= 0.6 is 0 Å². The first-order valence-corrected chi connectivity index (χ1v) is 32.3. The molecule has 14 atom stereocenters. The fourth-order valence-corrected chi connectivity index (χ4v) is 12.1. The predicted molar refractivity (Wildman–Crippen MR) is 343 cm³/mol. The Kier molecular flexibility index (Phi) is 33.8. The number of hydrogen-bond donors (Lipinski definition) is 2. The molecular formula is C67H118N8O13. The molecule has 2 N–H and O–H groups in total. The summed E-state index contributed by atoms with van der Waals surface area (Å²) in [6.45, 7) is 31.9. The summed E-state index contributed by atoms with van der Waals surface area (Å²) in [5.41, 5.74) is 0. The highest BCUT2D eigenvalue weighted by atomic mass is 16.5. The predicted octanol–water partition coefficient (Wildman–Crippen LogP) is 6.56. The minimum absolute atomic E-state index is 0.0179. The van der Waals surface area contributed by atoms with Crippen molar-refractivity contribution in [3.8, 4) is 0 Å². The van der Waals surface area contributed by atoms with Gasteiger partial charge in [0.2, 0.25) is 47.3 Å². The molecule has 0 spiro atoms. The smallest absolute Gasteiger partial charge is 0.246 e. The van der Waals surface area contributed by atoms with Gasteiger partial charge in [-0.05, 0) is 88.4 Å². The van der Waals surface area contributed by atoms with E-state index < -0.39 is 149 Å². The lowest BCUT2D eigenvalue weighted by Crippen LogP contribution is -2.63. The third kappa shape index (κ3) is 21.6. The number of Topliss-reactive ketones (excluding diaryl/α,β-unsaturated/α-hetero) is 3. The molecule has 0 saturated carbocycles. The van der Waals surface area contributed by atoms with Crippen molar-refractivity contribution in [2.24, 2.45) is 59.2 Å². The van der Waals surface area contributed by atoms with Crippen LogP contribution in [-0.4, -0.2) is 221 Å². The van der Waals surface area contributed by atoms with Crippen LogP contribution in [0.4, 0.5) is 0 Å². The highest BCUT2D eigenvalue weighted by Gasteiger charge is 2.46. The molecule has 8 amide bonds. The molecule has 0 radical (unpaired) electrons. The largest absolute Gasteiger partial charge is 0.390 e. The molecule has 1 saturated heterocycles. The van der Waals surface area contributed by atoms with Crippen molar-refractivity contribution in [2.45, 2.75) is 230 Å². The monoisotopic (exact) mass is 1240 g/mol. The molecule has 0 aromatic heterocycles. The standard InChI is InChI=1S/C67H118N8O13/c1-26-29-30-43(14)59(79)58-60(80)68-49(27-2)64(84)69(19)47(18)62(82)75(28-3)57(46(17)37-88-25)55(78)36-48(41(10)11)63(83)70(20)50(31-38(4)5)54(77)34-44(15)53(76)35-45(16)61(81)71(21)51(32-39(6)7)65(85)72(22)52(33-40(8)9)66(86)73(23)56(42(12)13)67(87)74(58)24/h26,29,38-52,56-59,79H,27-28,30-37H2,1-25H3,(H,68,80)/b29-26+/t43-,44-,45+,46-,47-,48+,49+,50+,51+,52+,56+,57+,58+,59-/m1/s1. The number of carbonyl (C=O) groups is 11. The van der Waals surface area contributed by atoms with E-state index >= 15 is 14.4 Å². The number of allylic oxidation sites excluding steroid dienone is 2. The van der Waals surface area contributed by atoms with Gasteiger partial charge in [0.25, 0.3) is 0 Å². The number of hydrogen-bond acceptors (Lipinski definition) is 13. The van der Waals surface area contributed by atoms with Gasteiger partial charge in [0.05, 0.1) is 24.8 Å². The molecule has 1 rings (SSSR count). The van der Waals surface area contributed by atoms with Crippen molar-refractivity contribution in [1.82, 2.24) is 39.6 Å². The first kappa shape index (κ1) is 80.4. The van der Waals surface area contributed by atoms with Crippen molar-refractivity contribution in [3.63, 3.8) is 0 Å². The summed E-state index contributed by atoms with van der Waals surface area (Å²) >= 11 is 0. The number of methoxy groups -OCH3 is 1. The van der Waals surface area contributed by atoms with Gasteiger partial charge in [-0.15, -0.1) is 0 Å². The number of ether oxygens (including phenoxy) is 1. The Balaban J connectivity index is 4.44. The number of nitrogens with zero attached hydrogens (tertiary/aromatic N) is 7. The Morgan fingerprint density at radius 1 is 0.523 bits per heavy atom. The maximum absolute atomic E-state index is 15.2. The van der Waals surface area contributed by atoms with Crippen LogP contribution in [0.25, 0.3) is 0 Å². The summed E-state index contributed by atoms with van der Waals surface area (Å²) < 4.78 is 5.54. The first-order valence-electron chi connectivity index (χ1n) is 32.3. The van der Waals surface area contributed by atoms with Gasteiger partial charge in [0.1, 0.15) is 42.0 Å². The van der Waals surface area contributed by atoms with Gasteiger partial charge in [-0.3, -0.25) is 52.7 Å². The molecule has 0 aromatic carbocycles. The molecule has 0 bridgehead atoms. The van der Waals surface area contributed by atoms with Crippen molar-refractivity contribution in [2.75, 3.05) is 62.5 Å². The van der Waals surface area contributed by atoms with E-state index in [4.69, 9.17) is 4.74 Å². The number of amides is 8. The zero-order valence-electron chi connectivity index (χ0n) is 58.7. The number of nitrogens with one attached hydrogen (secondary N) is 1. The lowest BCUT2D eigenvalue weighted by Gasteiger charge is -2.41. The highest BCUT2D eigenvalue weighted by Crippen LogP contribution is 2.30. The summed E-state index contributed by atoms with van der Waals surface area (Å²) in [5, 5.41) is 15.0. The van der Waals surface area contributed by atoms with Crippen LogP contribution in [0.2, 0.25) is 0 Å². The van der Waals surface area contributed by atoms with E-state index in [2.05, 4.69) is 5.32 Å². The summed E-state index contributed by atoms with van der Waals surface area (Å²) in [6, 6.07) is -9.70. The van der Waals surface area contributed by atoms with Crippen LogP contribution in [0.1, 0.15) is 176 Å². The van der Waals surface area contributed by atoms with E-state index in [1.807, 2.05) is 54.5 Å². The lowest BCUT2D eigenvalue weighted by molar-refractivity contribution is -0.157. The second kappa shape index (κ2) is 36.9. The van der Waals surface area contributed by atoms with Crippen molar-refractivity contribution in [1.29, 1.82) is 0 Å². The van der Waals surface area contributed by atoms with Crippen molar-refractivity contribution < 1.29 is 62.6 Å². The number of ketones is 3. The van der Waals surface area contributed by atoms with E-state index in [0.29, 0.717) is 6.42 Å². The van der Waals surface area contributed by atoms with Gasteiger partial charge in [-0.25, -0.2) is 0 Å². The Hall–Kier alpha value is -5.57. The summed E-state index contributed by atoms with van der Waals surface area (Å²) in [4.78, 5) is 172. The average Bonchev–Trinajstić information content (AvgIpc) is 2.09. The van der Waals surface area contributed by atoms with Gasteiger partial charge >= 0.3 is 0 Å². The second-order valence-corrected chi connectivity index (χ2v) is 27.3. The Morgan fingerprint density at radius 2 is 0.989 bits per heavy atom. The van der Waals surface area contributed by atoms with E-state index in [9.17, 15) is 43.5 Å². The fourth-order valence-electron chi connectivity index (χ4n) is 12.1. The van der Waals surface area contributed by atoms with Crippen LogP contribution in [0, 0.1) is 59.2 Å². The third-order valence-corrected chi connectivity index (χ3v) is 17.9. The van der Waals surface area contributed by atoms with Crippen molar-refractivity contribution in [3.05, 3.63) is 12.2 Å². The molecule has 21 nitrogen and oxygen atoms in total. The molecular weight excluding hydrogens is 1120 g/mol. The maximum atomic E-state index is 15.2. The number of carbonyl (C=O) groups excluding carboxylic acids is 11. The molecule has 21 heteroatoms. The number of rotatable bonds is 17. The molecule has 1 fully saturated rings. The van der Waals surface area contributed by atoms with E-state index in [1.165, 1.54) is 85.7 Å². The van der Waals surface area contributed by atoms with Crippen LogP contribution in [0.5, 0.6) is 0 Å². The molecule has 88 heavy (non-hydrogen) atoms. The van der Waals surface area contributed by atoms with Gasteiger partial charge in [0, 0.05) is 98.9 Å². The third-order valence-electron chi connectivity index (χ3n) is 17.9. The molecule has 504 valence electrons. The molecule has 1 aliphatic heterocycles. The number of aliphatic hydroxyl groups excluding tert-OH is 1. The lowest BCUT2D eigenvalue weighted by atomic mass is 9.83. The SMILES string of the molecule is C/C=C/C[C@@H](C)[C@@H](O)[C@H]1C(=O)N[C@@H](CC)C(=O)N(C)[C@H](C)C(=O)N(CC)[C@@H]([C@H](C)COC)C(=O)C[C@@H](C(C)C)C(=O)N(C)[C@@H](CC(C)C)C(=O)C[C@@H](C)C(=O)C[C@H](C)C(=O)N(C)[C@@H](CC(C)C)C(=O)N(C)[C@@H](CC(C)C)C(=O)N(C)[C@@H](C(C)C)C(=O)N1C. The van der Waals surface area contributed by atoms with E-state index in [-0.39, 0.29) is 87.4 Å². The summed E-state index contributed by atoms with van der Waals surface area (Å²) in [6.07, 6.45) is 2.24. The van der Waals surface area contributed by atoms with Crippen LogP contribution < -0.4 is 5.32 Å². The van der Waals surface area contributed by atoms with Gasteiger partial charge in [0.15, 0.2) is 11.6 Å². The Morgan fingerprint density at radius 3 is 1.44 bits per heavy atom. The number of likely N-dealkylation sites (N-methyl/N-ethyl adjacent to an activating group) is 7. The van der Waals surface area contributed by atoms with Gasteiger partial charge < -0.3 is 49.5 Å². The Labute approximate surface area is 529 Å². The van der Waals surface area contributed by atoms with Crippen molar-refractivity contribution >= 4 is 64.6 Å². The minimum atomic E-state index is -1.61. The summed E-state index contributed by atoms with van der Waals surface area (Å²) in [5.74, 6) is -11.4. The molecule has 1 heterocycles. The van der Waals surface area contributed by atoms with E-state index in [1.54, 1.807) is 75.3 Å². The molecule has 0 aliphatic carbocycles. The van der Waals surface area contributed by atoms with Gasteiger partial charge in [-0.1, -0.05) is 116 Å². The summed E-state index contributed by atoms with van der Waals surface area (Å²) in [7, 11) is 10.2. The topological polar surface area (TPSA) is 252 Å². The second-order valence-electron chi connectivity index (χ2n) is 27.3. The quantitative estimate of drug-likeness (QED) is 0.147. The average molecular weight is 1240 g/mol. The molecule has 0 unspecified atom stereocenters.